The van der Waals surface area contributed by atoms with Crippen molar-refractivity contribution in [3.8, 4) is 5.75 Å². The van der Waals surface area contributed by atoms with E-state index in [9.17, 15) is 4.79 Å². The minimum Gasteiger partial charge on any atom is -0.481 e. The highest BCUT2D eigenvalue weighted by atomic mass is 16.5. The lowest BCUT2D eigenvalue weighted by atomic mass is 10.1. The van der Waals surface area contributed by atoms with E-state index in [4.69, 9.17) is 10.5 Å². The van der Waals surface area contributed by atoms with Crippen LogP contribution in [-0.4, -0.2) is 31.6 Å². The summed E-state index contributed by atoms with van der Waals surface area (Å²) >= 11 is 0. The van der Waals surface area contributed by atoms with Crippen molar-refractivity contribution < 1.29 is 9.53 Å². The number of carbonyl (C=O) groups is 1. The first-order valence-electron chi connectivity index (χ1n) is 5.80. The number of hydrogen-bond donors (Lipinski definition) is 2. The van der Waals surface area contributed by atoms with Crippen molar-refractivity contribution in [1.29, 1.82) is 0 Å². The molecular weight excluding hydrogens is 232 g/mol. The van der Waals surface area contributed by atoms with E-state index in [0.717, 1.165) is 17.8 Å². The molecule has 0 spiro atoms. The summed E-state index contributed by atoms with van der Waals surface area (Å²) in [6.07, 6.45) is 0. The second-order valence-electron chi connectivity index (χ2n) is 4.31. The maximum atomic E-state index is 11.2. The summed E-state index contributed by atoms with van der Waals surface area (Å²) in [5.74, 6) is 1.11. The zero-order chi connectivity index (χ0) is 12.7. The monoisotopic (exact) mass is 246 g/mol. The van der Waals surface area contributed by atoms with E-state index in [-0.39, 0.29) is 12.5 Å². The van der Waals surface area contributed by atoms with Gasteiger partial charge in [0.1, 0.15) is 5.75 Å². The van der Waals surface area contributed by atoms with Crippen molar-refractivity contribution >= 4 is 23.2 Å². The third-order valence-electron chi connectivity index (χ3n) is 3.16. The third-order valence-corrected chi connectivity index (χ3v) is 3.16. The summed E-state index contributed by atoms with van der Waals surface area (Å²) in [5.41, 5.74) is 8.49. The van der Waals surface area contributed by atoms with Crippen LogP contribution >= 0.6 is 0 Å². The normalized spacial score (nSPS) is 17.9. The Morgan fingerprint density at radius 2 is 2.33 bits per heavy atom. The number of guanidine groups is 1. The lowest BCUT2D eigenvalue weighted by Crippen LogP contribution is -2.34. The molecule has 94 valence electrons. The second-order valence-corrected chi connectivity index (χ2v) is 4.31. The number of amides is 1. The molecule has 0 bridgehead atoms. The van der Waals surface area contributed by atoms with Gasteiger partial charge >= 0.3 is 0 Å². The summed E-state index contributed by atoms with van der Waals surface area (Å²) in [6.45, 7) is 3.50. The molecule has 6 heteroatoms. The first-order chi connectivity index (χ1) is 8.66. The number of nitrogens with two attached hydrogens (primary N) is 1. The van der Waals surface area contributed by atoms with Crippen molar-refractivity contribution in [3.63, 3.8) is 0 Å². The zero-order valence-electron chi connectivity index (χ0n) is 10.1. The molecule has 2 aliphatic heterocycles. The highest BCUT2D eigenvalue weighted by molar-refractivity contribution is 6.00. The summed E-state index contributed by atoms with van der Waals surface area (Å²) < 4.78 is 5.48. The van der Waals surface area contributed by atoms with Crippen LogP contribution in [0.15, 0.2) is 17.1 Å². The smallest absolute Gasteiger partial charge is 0.262 e. The molecule has 6 nitrogen and oxygen atoms in total. The van der Waals surface area contributed by atoms with E-state index in [1.807, 2.05) is 24.0 Å². The van der Waals surface area contributed by atoms with E-state index in [1.165, 1.54) is 0 Å². The molecule has 0 fully saturated rings. The molecule has 1 aromatic carbocycles. The van der Waals surface area contributed by atoms with Crippen LogP contribution in [0.2, 0.25) is 0 Å². The van der Waals surface area contributed by atoms with Crippen LogP contribution in [0.5, 0.6) is 5.75 Å². The molecule has 0 aromatic heterocycles. The van der Waals surface area contributed by atoms with Crippen molar-refractivity contribution in [2.24, 2.45) is 10.7 Å². The molecule has 0 atom stereocenters. The van der Waals surface area contributed by atoms with Crippen LogP contribution < -0.4 is 20.7 Å². The van der Waals surface area contributed by atoms with Crippen molar-refractivity contribution in [2.45, 2.75) is 6.92 Å². The second kappa shape index (κ2) is 3.90. The minimum atomic E-state index is -0.128. The number of aliphatic imine (C=N–C) groups is 1. The lowest BCUT2D eigenvalue weighted by Gasteiger charge is -2.25. The number of benzene rings is 1. The Hall–Kier alpha value is -2.24. The van der Waals surface area contributed by atoms with Crippen LogP contribution in [0.1, 0.15) is 5.56 Å². The van der Waals surface area contributed by atoms with Crippen LogP contribution in [0.4, 0.5) is 11.4 Å². The van der Waals surface area contributed by atoms with Gasteiger partial charge in [-0.1, -0.05) is 0 Å². The molecule has 0 aliphatic carbocycles. The molecule has 3 N–H and O–H groups in total. The standard InChI is InChI=1S/C12H14N4O2/c1-7-9(16-5-4-14-12(16)13)3-2-8-11(7)18-6-10(17)15-8/h2-3H,4-6H2,1H3,(H2,13,14)(H,15,17). The van der Waals surface area contributed by atoms with Gasteiger partial charge in [0.2, 0.25) is 0 Å². The van der Waals surface area contributed by atoms with Crippen molar-refractivity contribution in [1.82, 2.24) is 0 Å². The number of anilines is 2. The topological polar surface area (TPSA) is 79.9 Å². The fraction of sp³-hybridized carbons (Fsp3) is 0.333. The highest BCUT2D eigenvalue weighted by Gasteiger charge is 2.24. The molecular formula is C12H14N4O2. The Balaban J connectivity index is 2.03. The van der Waals surface area contributed by atoms with Gasteiger partial charge in [0.25, 0.3) is 5.91 Å². The molecule has 18 heavy (non-hydrogen) atoms. The van der Waals surface area contributed by atoms with E-state index in [1.54, 1.807) is 0 Å². The van der Waals surface area contributed by atoms with Gasteiger partial charge in [-0.3, -0.25) is 9.79 Å². The van der Waals surface area contributed by atoms with Gasteiger partial charge in [0.15, 0.2) is 12.6 Å². The molecule has 3 rings (SSSR count). The fourth-order valence-electron chi connectivity index (χ4n) is 2.29. The van der Waals surface area contributed by atoms with Gasteiger partial charge in [0, 0.05) is 12.1 Å². The van der Waals surface area contributed by atoms with Crippen LogP contribution in [-0.2, 0) is 4.79 Å². The Morgan fingerprint density at radius 3 is 3.06 bits per heavy atom. The number of hydrogen-bond acceptors (Lipinski definition) is 5. The Morgan fingerprint density at radius 1 is 1.50 bits per heavy atom. The average Bonchev–Trinajstić information content (AvgIpc) is 2.76. The minimum absolute atomic E-state index is 0.0564. The predicted octanol–water partition coefficient (Wildman–Crippen LogP) is 0.461. The van der Waals surface area contributed by atoms with Gasteiger partial charge in [-0.15, -0.1) is 0 Å². The third kappa shape index (κ3) is 1.57. The number of carbonyl (C=O) groups excluding carboxylic acids is 1. The molecule has 2 heterocycles. The molecule has 0 saturated carbocycles. The number of rotatable bonds is 1. The molecule has 0 saturated heterocycles. The first kappa shape index (κ1) is 10.9. The summed E-state index contributed by atoms with van der Waals surface area (Å²) in [5, 5.41) is 2.79. The van der Waals surface area contributed by atoms with E-state index < -0.39 is 0 Å². The first-order valence-corrected chi connectivity index (χ1v) is 5.80. The van der Waals surface area contributed by atoms with Crippen molar-refractivity contribution in [2.75, 3.05) is 29.9 Å². The number of fused-ring (bicyclic) bond motifs is 1. The summed E-state index contributed by atoms with van der Waals surface area (Å²) in [7, 11) is 0. The maximum absolute atomic E-state index is 11.2. The van der Waals surface area contributed by atoms with E-state index in [0.29, 0.717) is 23.9 Å². The molecule has 0 unspecified atom stereocenters. The van der Waals surface area contributed by atoms with Crippen molar-refractivity contribution in [3.05, 3.63) is 17.7 Å². The Bertz CT molecular complexity index is 553. The van der Waals surface area contributed by atoms with Gasteiger partial charge < -0.3 is 20.7 Å². The number of ether oxygens (including phenoxy) is 1. The SMILES string of the molecule is Cc1c(N2CCN=C2N)ccc2c1OCC(=O)N2. The average molecular weight is 246 g/mol. The van der Waals surface area contributed by atoms with E-state index >= 15 is 0 Å². The Kier molecular flexibility index (Phi) is 2.36. The fourth-order valence-corrected chi connectivity index (χ4v) is 2.29. The van der Waals surface area contributed by atoms with Gasteiger partial charge in [0.05, 0.1) is 17.9 Å². The predicted molar refractivity (Wildman–Crippen MR) is 69.1 cm³/mol. The van der Waals surface area contributed by atoms with E-state index in [2.05, 4.69) is 10.3 Å². The Labute approximate surface area is 104 Å². The van der Waals surface area contributed by atoms with Crippen LogP contribution in [0.25, 0.3) is 0 Å². The molecule has 1 aromatic rings. The van der Waals surface area contributed by atoms with Gasteiger partial charge in [-0.25, -0.2) is 0 Å². The largest absolute Gasteiger partial charge is 0.481 e. The molecule has 2 aliphatic rings. The van der Waals surface area contributed by atoms with Crippen LogP contribution in [0, 0.1) is 6.92 Å². The maximum Gasteiger partial charge on any atom is 0.262 e. The molecule has 0 radical (unpaired) electrons. The zero-order valence-corrected chi connectivity index (χ0v) is 10.1. The van der Waals surface area contributed by atoms with Gasteiger partial charge in [-0.05, 0) is 19.1 Å². The molecule has 1 amide bonds. The number of nitrogens with zero attached hydrogens (tertiary/aromatic N) is 2. The van der Waals surface area contributed by atoms with Gasteiger partial charge in [-0.2, -0.15) is 0 Å². The van der Waals surface area contributed by atoms with Crippen LogP contribution in [0.3, 0.4) is 0 Å². The summed E-state index contributed by atoms with van der Waals surface area (Å²) in [4.78, 5) is 17.4. The highest BCUT2D eigenvalue weighted by Crippen LogP contribution is 2.37. The lowest BCUT2D eigenvalue weighted by molar-refractivity contribution is -0.118. The summed E-state index contributed by atoms with van der Waals surface area (Å²) in [6, 6.07) is 3.76. The quantitative estimate of drug-likeness (QED) is 0.754. The number of nitrogens with one attached hydrogen (secondary N) is 1.